The first-order chi connectivity index (χ1) is 12.2. The molecule has 140 valence electrons. The molecule has 26 heavy (non-hydrogen) atoms. The Hall–Kier alpha value is -1.48. The van der Waals surface area contributed by atoms with Gasteiger partial charge in [0.25, 0.3) is 0 Å². The molecule has 0 saturated heterocycles. The number of carbonyl (C=O) groups is 2. The van der Waals surface area contributed by atoms with Gasteiger partial charge >= 0.3 is 0 Å². The van der Waals surface area contributed by atoms with E-state index in [4.69, 9.17) is 0 Å². The van der Waals surface area contributed by atoms with Gasteiger partial charge in [-0.3, -0.25) is 9.59 Å². The van der Waals surface area contributed by atoms with Crippen molar-refractivity contribution in [1.82, 2.24) is 0 Å². The molecule has 2 saturated carbocycles. The van der Waals surface area contributed by atoms with Crippen LogP contribution in [-0.2, 0) is 9.59 Å². The van der Waals surface area contributed by atoms with Crippen LogP contribution in [0.15, 0.2) is 35.5 Å². The van der Waals surface area contributed by atoms with E-state index < -0.39 is 5.60 Å². The first-order valence-corrected chi connectivity index (χ1v) is 10.1. The van der Waals surface area contributed by atoms with Crippen molar-refractivity contribution in [3.63, 3.8) is 0 Å². The standard InChI is InChI=1S/C23H30O3/c1-5-20(25)23(26)14(2)12-19-17-7-6-15-13-16(24)8-10-21(15,3)18(17)9-11-22(19,23)4/h8-10,13-14,17,19,26H,5-7,11-12H2,1-4H3/t14-,17?,19?,21+,22+,23+/m1/s1. The zero-order valence-corrected chi connectivity index (χ0v) is 16.3. The molecule has 0 aliphatic heterocycles. The van der Waals surface area contributed by atoms with E-state index in [-0.39, 0.29) is 28.3 Å². The van der Waals surface area contributed by atoms with Gasteiger partial charge < -0.3 is 5.11 Å². The van der Waals surface area contributed by atoms with E-state index in [0.29, 0.717) is 18.3 Å². The highest BCUT2D eigenvalue weighted by atomic mass is 16.3. The molecular weight excluding hydrogens is 324 g/mol. The first-order valence-electron chi connectivity index (χ1n) is 10.1. The van der Waals surface area contributed by atoms with E-state index in [2.05, 4.69) is 26.0 Å². The summed E-state index contributed by atoms with van der Waals surface area (Å²) in [6, 6.07) is 0. The smallest absolute Gasteiger partial charge is 0.178 e. The minimum Gasteiger partial charge on any atom is -0.381 e. The summed E-state index contributed by atoms with van der Waals surface area (Å²) in [4.78, 5) is 24.6. The lowest BCUT2D eigenvalue weighted by molar-refractivity contribution is -0.158. The van der Waals surface area contributed by atoms with Crippen LogP contribution in [0, 0.1) is 28.6 Å². The molecule has 4 aliphatic rings. The molecule has 0 aromatic rings. The molecule has 3 nitrogen and oxygen atoms in total. The second-order valence-electron chi connectivity index (χ2n) is 9.32. The van der Waals surface area contributed by atoms with Crippen LogP contribution < -0.4 is 0 Å². The Morgan fingerprint density at radius 2 is 2.08 bits per heavy atom. The predicted molar refractivity (Wildman–Crippen MR) is 101 cm³/mol. The molecular formula is C23H30O3. The minimum absolute atomic E-state index is 0.00221. The van der Waals surface area contributed by atoms with Crippen LogP contribution >= 0.6 is 0 Å². The van der Waals surface area contributed by atoms with E-state index >= 15 is 0 Å². The van der Waals surface area contributed by atoms with Crippen LogP contribution in [-0.4, -0.2) is 22.3 Å². The number of hydrogen-bond donors (Lipinski definition) is 1. The fraction of sp³-hybridized carbons (Fsp3) is 0.652. The second-order valence-corrected chi connectivity index (χ2v) is 9.32. The van der Waals surface area contributed by atoms with Gasteiger partial charge in [-0.05, 0) is 62.5 Å². The van der Waals surface area contributed by atoms with Gasteiger partial charge in [0.15, 0.2) is 11.6 Å². The van der Waals surface area contributed by atoms with Crippen molar-refractivity contribution in [2.45, 2.75) is 65.4 Å². The van der Waals surface area contributed by atoms with E-state index in [1.807, 2.05) is 19.9 Å². The van der Waals surface area contributed by atoms with E-state index in [0.717, 1.165) is 25.7 Å². The highest BCUT2D eigenvalue weighted by Gasteiger charge is 2.66. The zero-order valence-electron chi connectivity index (χ0n) is 16.3. The van der Waals surface area contributed by atoms with Gasteiger partial charge in [-0.15, -0.1) is 0 Å². The van der Waals surface area contributed by atoms with E-state index in [1.54, 1.807) is 6.08 Å². The average molecular weight is 354 g/mol. The Morgan fingerprint density at radius 1 is 1.35 bits per heavy atom. The molecule has 3 heteroatoms. The topological polar surface area (TPSA) is 54.4 Å². The Morgan fingerprint density at radius 3 is 2.77 bits per heavy atom. The molecule has 0 aromatic heterocycles. The minimum atomic E-state index is -1.22. The van der Waals surface area contributed by atoms with Gasteiger partial charge in [-0.2, -0.15) is 0 Å². The van der Waals surface area contributed by atoms with Crippen LogP contribution in [0.1, 0.15) is 59.8 Å². The Labute approximate surface area is 156 Å². The summed E-state index contributed by atoms with van der Waals surface area (Å²) < 4.78 is 0. The van der Waals surface area contributed by atoms with Gasteiger partial charge in [0.05, 0.1) is 0 Å². The lowest BCUT2D eigenvalue weighted by Crippen LogP contribution is -2.56. The Balaban J connectivity index is 1.79. The summed E-state index contributed by atoms with van der Waals surface area (Å²) in [5.41, 5.74) is 0.851. The van der Waals surface area contributed by atoms with Crippen molar-refractivity contribution in [1.29, 1.82) is 0 Å². The highest BCUT2D eigenvalue weighted by Crippen LogP contribution is 2.66. The monoisotopic (exact) mass is 354 g/mol. The fourth-order valence-electron chi connectivity index (χ4n) is 6.73. The summed E-state index contributed by atoms with van der Waals surface area (Å²) in [5, 5.41) is 11.6. The molecule has 2 unspecified atom stereocenters. The normalized spacial score (nSPS) is 46.8. The number of allylic oxidation sites excluding steroid dienone is 6. The first kappa shape index (κ1) is 17.9. The maximum Gasteiger partial charge on any atom is 0.178 e. The van der Waals surface area contributed by atoms with E-state index in [1.165, 1.54) is 11.1 Å². The van der Waals surface area contributed by atoms with E-state index in [9.17, 15) is 14.7 Å². The van der Waals surface area contributed by atoms with Crippen molar-refractivity contribution in [2.24, 2.45) is 28.6 Å². The second kappa shape index (κ2) is 5.51. The van der Waals surface area contributed by atoms with Gasteiger partial charge in [0, 0.05) is 17.3 Å². The number of carbonyl (C=O) groups excluding carboxylic acids is 2. The Bertz CT molecular complexity index is 772. The molecule has 2 fully saturated rings. The summed E-state index contributed by atoms with van der Waals surface area (Å²) in [5.74, 6) is 0.787. The molecule has 4 aliphatic carbocycles. The number of ketones is 2. The van der Waals surface area contributed by atoms with Crippen molar-refractivity contribution >= 4 is 11.6 Å². The van der Waals surface area contributed by atoms with Gasteiger partial charge in [0.1, 0.15) is 5.60 Å². The van der Waals surface area contributed by atoms with Crippen molar-refractivity contribution in [2.75, 3.05) is 0 Å². The molecule has 0 amide bonds. The number of aliphatic hydroxyl groups is 1. The van der Waals surface area contributed by atoms with Crippen LogP contribution in [0.2, 0.25) is 0 Å². The third-order valence-electron chi connectivity index (χ3n) is 8.28. The number of fused-ring (bicyclic) bond motifs is 5. The number of Topliss-reactive ketones (excluding diaryl/α,β-unsaturated/α-hetero) is 1. The third kappa shape index (κ3) is 1.98. The van der Waals surface area contributed by atoms with Crippen molar-refractivity contribution < 1.29 is 14.7 Å². The largest absolute Gasteiger partial charge is 0.381 e. The maximum atomic E-state index is 12.8. The highest BCUT2D eigenvalue weighted by molar-refractivity contribution is 6.01. The average Bonchev–Trinajstić information content (AvgIpc) is 2.83. The number of rotatable bonds is 2. The van der Waals surface area contributed by atoms with Gasteiger partial charge in [-0.25, -0.2) is 0 Å². The van der Waals surface area contributed by atoms with Crippen LogP contribution in [0.4, 0.5) is 0 Å². The molecule has 1 N–H and O–H groups in total. The Kier molecular flexibility index (Phi) is 3.80. The molecule has 0 spiro atoms. The molecule has 0 radical (unpaired) electrons. The summed E-state index contributed by atoms with van der Waals surface area (Å²) in [6.07, 6.45) is 11.9. The summed E-state index contributed by atoms with van der Waals surface area (Å²) >= 11 is 0. The van der Waals surface area contributed by atoms with Crippen LogP contribution in [0.5, 0.6) is 0 Å². The number of hydrogen-bond acceptors (Lipinski definition) is 3. The van der Waals surface area contributed by atoms with Crippen molar-refractivity contribution in [3.05, 3.63) is 35.5 Å². The molecule has 4 rings (SSSR count). The molecule has 0 heterocycles. The molecule has 0 aromatic carbocycles. The van der Waals surface area contributed by atoms with Gasteiger partial charge in [0.2, 0.25) is 0 Å². The van der Waals surface area contributed by atoms with Crippen LogP contribution in [0.3, 0.4) is 0 Å². The van der Waals surface area contributed by atoms with Crippen LogP contribution in [0.25, 0.3) is 0 Å². The summed E-state index contributed by atoms with van der Waals surface area (Å²) in [7, 11) is 0. The van der Waals surface area contributed by atoms with Gasteiger partial charge in [-0.1, -0.05) is 44.1 Å². The summed E-state index contributed by atoms with van der Waals surface area (Å²) in [6.45, 7) is 8.27. The molecule has 6 atom stereocenters. The zero-order chi connectivity index (χ0) is 18.9. The maximum absolute atomic E-state index is 12.8. The van der Waals surface area contributed by atoms with Crippen molar-refractivity contribution in [3.8, 4) is 0 Å². The third-order valence-corrected chi connectivity index (χ3v) is 8.28. The quantitative estimate of drug-likeness (QED) is 0.757. The predicted octanol–water partition coefficient (Wildman–Crippen LogP) is 4.17. The lowest BCUT2D eigenvalue weighted by atomic mass is 9.51. The fourth-order valence-corrected chi connectivity index (χ4v) is 6.73. The lowest BCUT2D eigenvalue weighted by Gasteiger charge is -2.53. The molecule has 0 bridgehead atoms. The SMILES string of the molecule is CCC(=O)[C@@]1(O)[C@H](C)CC2C3CCC4=CC(=O)C=C[C@]4(C)C3=CC[C@@]21C.